The third kappa shape index (κ3) is 6.04. The molecule has 0 aliphatic heterocycles. The smallest absolute Gasteiger partial charge is 0.235 e. The average Bonchev–Trinajstić information content (AvgIpc) is 2.71. The molecule has 0 fully saturated rings. The fourth-order valence-corrected chi connectivity index (χ4v) is 5.12. The number of carbonyl (C=O) groups excluding carboxylic acids is 1. The van der Waals surface area contributed by atoms with Crippen molar-refractivity contribution < 1.29 is 9.00 Å². The van der Waals surface area contributed by atoms with Crippen LogP contribution in [-0.2, 0) is 22.2 Å². The predicted molar refractivity (Wildman–Crippen MR) is 127 cm³/mol. The molecule has 0 aromatic heterocycles. The molecule has 1 N–H and O–H groups in total. The molecule has 0 bridgehead atoms. The highest BCUT2D eigenvalue weighted by Crippen LogP contribution is 2.34. The van der Waals surface area contributed by atoms with Crippen molar-refractivity contribution in [3.8, 4) is 0 Å². The Hall–Kier alpha value is -1.94. The van der Waals surface area contributed by atoms with E-state index in [-0.39, 0.29) is 23.7 Å². The van der Waals surface area contributed by atoms with Gasteiger partial charge in [0.1, 0.15) is 0 Å². The van der Waals surface area contributed by atoms with Crippen LogP contribution in [0.3, 0.4) is 0 Å². The number of nitrogens with one attached hydrogen (secondary N) is 1. The van der Waals surface area contributed by atoms with Crippen LogP contribution >= 0.6 is 0 Å². The molecule has 0 aliphatic carbocycles. The molecule has 3 nitrogen and oxygen atoms in total. The third-order valence-corrected chi connectivity index (χ3v) is 6.88. The van der Waals surface area contributed by atoms with Crippen molar-refractivity contribution in [1.82, 2.24) is 4.72 Å². The standard InChI is InChI=1S/C26H37NO2S/c1-8-21(14-20-12-10-9-11-13-20)26(28)27-30(29)25-23(18(4)5)15-22(17(2)3)16-24(25)19(6)7/h9-13,15-19,21H,8,14H2,1-7H3,(H,27,28)/t21-,30?/m1/s1. The van der Waals surface area contributed by atoms with Gasteiger partial charge in [0.2, 0.25) is 5.91 Å². The van der Waals surface area contributed by atoms with E-state index in [1.807, 2.05) is 37.3 Å². The van der Waals surface area contributed by atoms with Gasteiger partial charge in [-0.05, 0) is 52.8 Å². The maximum absolute atomic E-state index is 13.4. The van der Waals surface area contributed by atoms with Crippen molar-refractivity contribution in [3.05, 3.63) is 64.7 Å². The second-order valence-electron chi connectivity index (χ2n) is 9.02. The first-order chi connectivity index (χ1) is 14.1. The highest BCUT2D eigenvalue weighted by atomic mass is 32.2. The van der Waals surface area contributed by atoms with Gasteiger partial charge in [-0.1, -0.05) is 90.9 Å². The summed E-state index contributed by atoms with van der Waals surface area (Å²) >= 11 is 0. The zero-order valence-electron chi connectivity index (χ0n) is 19.5. The van der Waals surface area contributed by atoms with E-state index in [0.717, 1.165) is 21.6 Å². The van der Waals surface area contributed by atoms with Gasteiger partial charge in [0.25, 0.3) is 0 Å². The second-order valence-corrected chi connectivity index (χ2v) is 10.2. The van der Waals surface area contributed by atoms with E-state index >= 15 is 0 Å². The van der Waals surface area contributed by atoms with Crippen LogP contribution in [0.1, 0.15) is 94.9 Å². The number of rotatable bonds is 9. The van der Waals surface area contributed by atoms with Crippen molar-refractivity contribution in [2.75, 3.05) is 0 Å². The molecule has 2 aromatic carbocycles. The van der Waals surface area contributed by atoms with Gasteiger partial charge in [-0.2, -0.15) is 0 Å². The summed E-state index contributed by atoms with van der Waals surface area (Å²) in [5, 5.41) is 0. The molecule has 0 saturated heterocycles. The highest BCUT2D eigenvalue weighted by molar-refractivity contribution is 7.83. The minimum absolute atomic E-state index is 0.142. The molecule has 0 aliphatic rings. The van der Waals surface area contributed by atoms with E-state index < -0.39 is 11.0 Å². The van der Waals surface area contributed by atoms with Crippen LogP contribution in [0.2, 0.25) is 0 Å². The lowest BCUT2D eigenvalue weighted by Crippen LogP contribution is -2.34. The number of carbonyl (C=O) groups is 1. The van der Waals surface area contributed by atoms with Crippen molar-refractivity contribution in [3.63, 3.8) is 0 Å². The Labute approximate surface area is 185 Å². The molecule has 0 heterocycles. The van der Waals surface area contributed by atoms with Gasteiger partial charge in [-0.3, -0.25) is 9.52 Å². The Morgan fingerprint density at radius 2 is 1.43 bits per heavy atom. The Balaban J connectivity index is 2.35. The second kappa shape index (κ2) is 10.9. The highest BCUT2D eigenvalue weighted by Gasteiger charge is 2.25. The summed E-state index contributed by atoms with van der Waals surface area (Å²) < 4.78 is 16.3. The Morgan fingerprint density at radius 1 is 0.900 bits per heavy atom. The molecule has 0 spiro atoms. The molecule has 1 amide bonds. The predicted octanol–water partition coefficient (Wildman–Crippen LogP) is 6.46. The number of benzene rings is 2. The summed E-state index contributed by atoms with van der Waals surface area (Å²) in [7, 11) is -1.58. The first kappa shape index (κ1) is 24.3. The lowest BCUT2D eigenvalue weighted by Gasteiger charge is -2.23. The van der Waals surface area contributed by atoms with Crippen molar-refractivity contribution in [2.45, 2.75) is 84.0 Å². The van der Waals surface area contributed by atoms with Crippen LogP contribution in [-0.4, -0.2) is 10.1 Å². The van der Waals surface area contributed by atoms with E-state index in [0.29, 0.717) is 18.8 Å². The topological polar surface area (TPSA) is 46.2 Å². The summed E-state index contributed by atoms with van der Waals surface area (Å²) in [6.07, 6.45) is 1.36. The molecule has 2 aromatic rings. The van der Waals surface area contributed by atoms with Gasteiger partial charge in [0, 0.05) is 5.92 Å². The van der Waals surface area contributed by atoms with E-state index in [4.69, 9.17) is 0 Å². The zero-order chi connectivity index (χ0) is 22.4. The van der Waals surface area contributed by atoms with E-state index in [2.05, 4.69) is 58.4 Å². The summed E-state index contributed by atoms with van der Waals surface area (Å²) in [5.41, 5.74) is 4.52. The maximum Gasteiger partial charge on any atom is 0.235 e. The van der Waals surface area contributed by atoms with Crippen LogP contribution < -0.4 is 4.72 Å². The van der Waals surface area contributed by atoms with Gasteiger partial charge in [-0.25, -0.2) is 4.21 Å². The van der Waals surface area contributed by atoms with Crippen LogP contribution in [0.15, 0.2) is 47.4 Å². The SMILES string of the molecule is CC[C@H](Cc1ccccc1)C(=O)NS(=O)c1c(C(C)C)cc(C(C)C)cc1C(C)C. The number of hydrogen-bond donors (Lipinski definition) is 1. The van der Waals surface area contributed by atoms with E-state index in [1.54, 1.807) is 0 Å². The van der Waals surface area contributed by atoms with Gasteiger partial charge < -0.3 is 0 Å². The molecular formula is C26H37NO2S. The maximum atomic E-state index is 13.4. The van der Waals surface area contributed by atoms with E-state index in [9.17, 15) is 9.00 Å². The van der Waals surface area contributed by atoms with Gasteiger partial charge in [-0.15, -0.1) is 0 Å². The minimum Gasteiger partial charge on any atom is -0.274 e. The molecule has 0 saturated carbocycles. The summed E-state index contributed by atoms with van der Waals surface area (Å²) in [5.74, 6) is 0.507. The van der Waals surface area contributed by atoms with Crippen molar-refractivity contribution >= 4 is 16.9 Å². The van der Waals surface area contributed by atoms with Gasteiger partial charge >= 0.3 is 0 Å². The Bertz CT molecular complexity index is 843. The summed E-state index contributed by atoms with van der Waals surface area (Å²) in [6, 6.07) is 14.3. The average molecular weight is 428 g/mol. The quantitative estimate of drug-likeness (QED) is 0.499. The zero-order valence-corrected chi connectivity index (χ0v) is 20.3. The largest absolute Gasteiger partial charge is 0.274 e. The Kier molecular flexibility index (Phi) is 8.84. The van der Waals surface area contributed by atoms with E-state index in [1.165, 1.54) is 5.56 Å². The monoisotopic (exact) mass is 427 g/mol. The third-order valence-electron chi connectivity index (χ3n) is 5.65. The molecule has 2 rings (SSSR count). The number of hydrogen-bond acceptors (Lipinski definition) is 2. The minimum atomic E-state index is -1.58. The first-order valence-electron chi connectivity index (χ1n) is 11.1. The molecule has 0 radical (unpaired) electrons. The fraction of sp³-hybridized carbons (Fsp3) is 0.500. The first-order valence-corrected chi connectivity index (χ1v) is 12.2. The summed E-state index contributed by atoms with van der Waals surface area (Å²) in [6.45, 7) is 14.8. The normalized spacial score (nSPS) is 13.7. The fourth-order valence-electron chi connectivity index (χ4n) is 3.65. The van der Waals surface area contributed by atoms with Gasteiger partial charge in [0.05, 0.1) is 4.90 Å². The van der Waals surface area contributed by atoms with Crippen LogP contribution in [0.4, 0.5) is 0 Å². The van der Waals surface area contributed by atoms with Crippen LogP contribution in [0.5, 0.6) is 0 Å². The van der Waals surface area contributed by atoms with Crippen LogP contribution in [0.25, 0.3) is 0 Å². The van der Waals surface area contributed by atoms with Crippen LogP contribution in [0, 0.1) is 5.92 Å². The molecular weight excluding hydrogens is 390 g/mol. The molecule has 4 heteroatoms. The van der Waals surface area contributed by atoms with Crippen molar-refractivity contribution in [1.29, 1.82) is 0 Å². The molecule has 1 unspecified atom stereocenters. The Morgan fingerprint density at radius 3 is 1.87 bits per heavy atom. The lowest BCUT2D eigenvalue weighted by atomic mass is 9.89. The number of amides is 1. The lowest BCUT2D eigenvalue weighted by molar-refractivity contribution is -0.123. The molecule has 30 heavy (non-hydrogen) atoms. The van der Waals surface area contributed by atoms with Gasteiger partial charge in [0.15, 0.2) is 11.0 Å². The molecule has 2 atom stereocenters. The molecule has 164 valence electrons. The van der Waals surface area contributed by atoms with Crippen molar-refractivity contribution in [2.24, 2.45) is 5.92 Å². The summed E-state index contributed by atoms with van der Waals surface area (Å²) in [4.78, 5) is 13.8.